The summed E-state index contributed by atoms with van der Waals surface area (Å²) in [7, 11) is 4.52. The third-order valence-corrected chi connectivity index (χ3v) is 8.76. The lowest BCUT2D eigenvalue weighted by molar-refractivity contribution is -0.116. The lowest BCUT2D eigenvalue weighted by atomic mass is 9.83. The summed E-state index contributed by atoms with van der Waals surface area (Å²) in [6.45, 7) is -0.310. The van der Waals surface area contributed by atoms with Crippen LogP contribution >= 0.6 is 15.9 Å². The van der Waals surface area contributed by atoms with Crippen molar-refractivity contribution < 1.29 is 28.5 Å². The number of nitrogens with one attached hydrogen (secondary N) is 1. The van der Waals surface area contributed by atoms with E-state index in [1.54, 1.807) is 24.3 Å². The van der Waals surface area contributed by atoms with Gasteiger partial charge in [0.2, 0.25) is 11.8 Å². The molecule has 1 aliphatic heterocycles. The number of likely N-dealkylation sites (N-methyl/N-ethyl adjacent to an activating group) is 1. The molecule has 6 rings (SSSR count). The molecule has 0 fully saturated rings. The first-order chi connectivity index (χ1) is 22.7. The maximum atomic E-state index is 13.2. The lowest BCUT2D eigenvalue weighted by Gasteiger charge is -2.29. The summed E-state index contributed by atoms with van der Waals surface area (Å²) in [6.07, 6.45) is -1.26. The summed E-state index contributed by atoms with van der Waals surface area (Å²) in [5.74, 6) is -0.158. The van der Waals surface area contributed by atoms with Gasteiger partial charge in [-0.25, -0.2) is 4.79 Å². The van der Waals surface area contributed by atoms with Crippen LogP contribution in [0.15, 0.2) is 88.7 Å². The molecule has 0 saturated carbocycles. The molecule has 0 unspecified atom stereocenters. The first-order valence-corrected chi connectivity index (χ1v) is 15.3. The van der Waals surface area contributed by atoms with Crippen LogP contribution in [0, 0.1) is 11.3 Å². The molecule has 2 amide bonds. The fraction of sp³-hybridized carbons (Fsp3) is 0.171. The highest BCUT2D eigenvalue weighted by molar-refractivity contribution is 9.10. The van der Waals surface area contributed by atoms with E-state index in [-0.39, 0.29) is 35.1 Å². The zero-order valence-corrected chi connectivity index (χ0v) is 27.3. The maximum absolute atomic E-state index is 13.2. The zero-order chi connectivity index (χ0) is 33.4. The average Bonchev–Trinajstić information content (AvgIpc) is 3.38. The van der Waals surface area contributed by atoms with Crippen molar-refractivity contribution in [3.63, 3.8) is 0 Å². The zero-order valence-electron chi connectivity index (χ0n) is 25.7. The number of halogens is 1. The highest BCUT2D eigenvalue weighted by atomic mass is 79.9. The van der Waals surface area contributed by atoms with E-state index in [2.05, 4.69) is 27.3 Å². The molecule has 4 aromatic carbocycles. The van der Waals surface area contributed by atoms with Gasteiger partial charge in [-0.05, 0) is 50.8 Å². The summed E-state index contributed by atoms with van der Waals surface area (Å²) in [5, 5.41) is 12.8. The number of anilines is 2. The van der Waals surface area contributed by atoms with E-state index < -0.39 is 24.0 Å². The number of nitrogen functional groups attached to an aromatic ring is 1. The van der Waals surface area contributed by atoms with Gasteiger partial charge in [-0.15, -0.1) is 0 Å². The largest absolute Gasteiger partial charge is 0.493 e. The van der Waals surface area contributed by atoms with Gasteiger partial charge in [0.25, 0.3) is 0 Å². The maximum Gasteiger partial charge on any atom is 0.410 e. The molecule has 1 aliphatic carbocycles. The minimum absolute atomic E-state index is 0.102. The van der Waals surface area contributed by atoms with Crippen molar-refractivity contribution in [2.75, 3.05) is 38.9 Å². The number of carbonyl (C=O) groups is 2. The number of nitrogens with zero attached hydrogens (tertiary/aromatic N) is 2. The molecule has 2 aliphatic rings. The van der Waals surface area contributed by atoms with E-state index in [0.717, 1.165) is 22.3 Å². The fourth-order valence-electron chi connectivity index (χ4n) is 6.00. The number of rotatable bonds is 7. The molecule has 47 heavy (non-hydrogen) atoms. The fourth-order valence-corrected chi connectivity index (χ4v) is 6.62. The molecular weight excluding hydrogens is 666 g/mol. The van der Waals surface area contributed by atoms with Crippen LogP contribution < -0.4 is 31.0 Å². The topological polar surface area (TPSA) is 162 Å². The summed E-state index contributed by atoms with van der Waals surface area (Å²) in [6, 6.07) is 24.5. The van der Waals surface area contributed by atoms with Gasteiger partial charge in [0.1, 0.15) is 18.2 Å². The number of amides is 2. The van der Waals surface area contributed by atoms with E-state index in [4.69, 9.17) is 30.4 Å². The monoisotopic (exact) mass is 695 g/mol. The van der Waals surface area contributed by atoms with Crippen molar-refractivity contribution in [3.05, 3.63) is 111 Å². The molecule has 4 aromatic rings. The molecule has 12 heteroatoms. The van der Waals surface area contributed by atoms with Gasteiger partial charge in [0.15, 0.2) is 23.4 Å². The van der Waals surface area contributed by atoms with Gasteiger partial charge >= 0.3 is 6.09 Å². The highest BCUT2D eigenvalue weighted by Crippen LogP contribution is 2.49. The molecule has 5 N–H and O–H groups in total. The third-order valence-electron chi connectivity index (χ3n) is 8.18. The third kappa shape index (κ3) is 5.55. The standard InChI is InChI=1S/C35H30BrN5O6/c1-41(35(43)47-31-21-10-6-4-8-19(21)20-9-5-7-11-22(20)31)17-28(42)40-26-13-12-23-29(24(16-37)34(39)46-32(23)30(26)38)18-14-25(36)33(45-3)27(15-18)44-2/h4-15,29,31H,17,38-39H2,1-3H3,(H,40,42)/t29-/m1/s1. The van der Waals surface area contributed by atoms with Crippen LogP contribution in [-0.4, -0.2) is 44.7 Å². The summed E-state index contributed by atoms with van der Waals surface area (Å²) >= 11 is 3.51. The summed E-state index contributed by atoms with van der Waals surface area (Å²) in [4.78, 5) is 27.5. The second kappa shape index (κ2) is 12.6. The predicted molar refractivity (Wildman–Crippen MR) is 179 cm³/mol. The molecule has 1 atom stereocenters. The Labute approximate surface area is 279 Å². The van der Waals surface area contributed by atoms with Crippen LogP contribution in [0.3, 0.4) is 0 Å². The van der Waals surface area contributed by atoms with Crippen molar-refractivity contribution in [1.29, 1.82) is 5.26 Å². The molecule has 0 bridgehead atoms. The van der Waals surface area contributed by atoms with E-state index in [0.29, 0.717) is 27.1 Å². The van der Waals surface area contributed by atoms with Crippen molar-refractivity contribution in [1.82, 2.24) is 4.90 Å². The van der Waals surface area contributed by atoms with Gasteiger partial charge < -0.3 is 40.6 Å². The SMILES string of the molecule is COc1cc([C@H]2C(C#N)=C(N)Oc3c2ccc(NC(=O)CN(C)C(=O)OC2c4ccccc4-c4ccccc42)c3N)cc(Br)c1OC. The number of nitrogens with two attached hydrogens (primary N) is 2. The second-order valence-electron chi connectivity index (χ2n) is 11.0. The van der Waals surface area contributed by atoms with Crippen molar-refractivity contribution >= 4 is 39.3 Å². The van der Waals surface area contributed by atoms with Crippen molar-refractivity contribution in [2.24, 2.45) is 5.73 Å². The Morgan fingerprint density at radius 3 is 2.26 bits per heavy atom. The Morgan fingerprint density at radius 1 is 0.979 bits per heavy atom. The Balaban J connectivity index is 1.21. The van der Waals surface area contributed by atoms with Gasteiger partial charge in [0, 0.05) is 23.7 Å². The normalized spacial score (nSPS) is 14.6. The highest BCUT2D eigenvalue weighted by Gasteiger charge is 2.35. The second-order valence-corrected chi connectivity index (χ2v) is 11.8. The Bertz CT molecular complexity index is 1960. The smallest absolute Gasteiger partial charge is 0.410 e. The number of hydrogen-bond acceptors (Lipinski definition) is 9. The van der Waals surface area contributed by atoms with Crippen LogP contribution in [0.4, 0.5) is 16.2 Å². The van der Waals surface area contributed by atoms with Crippen LogP contribution in [0.5, 0.6) is 17.2 Å². The van der Waals surface area contributed by atoms with Crippen molar-refractivity contribution in [3.8, 4) is 34.4 Å². The Hall–Kier alpha value is -5.67. The number of fused-ring (bicyclic) bond motifs is 4. The number of methoxy groups -OCH3 is 2. The molecule has 11 nitrogen and oxygen atoms in total. The van der Waals surface area contributed by atoms with Gasteiger partial charge in [-0.3, -0.25) is 4.79 Å². The van der Waals surface area contributed by atoms with Crippen LogP contribution in [0.1, 0.15) is 34.3 Å². The van der Waals surface area contributed by atoms with Crippen LogP contribution in [-0.2, 0) is 9.53 Å². The number of nitriles is 1. The van der Waals surface area contributed by atoms with Gasteiger partial charge in [-0.2, -0.15) is 5.26 Å². The quantitative estimate of drug-likeness (QED) is 0.196. The Morgan fingerprint density at radius 2 is 1.64 bits per heavy atom. The van der Waals surface area contributed by atoms with E-state index in [1.165, 1.54) is 26.2 Å². The minimum Gasteiger partial charge on any atom is -0.493 e. The number of hydrogen-bond donors (Lipinski definition) is 3. The molecule has 0 spiro atoms. The van der Waals surface area contributed by atoms with Crippen LogP contribution in [0.2, 0.25) is 0 Å². The summed E-state index contributed by atoms with van der Waals surface area (Å²) in [5.41, 5.74) is 18.2. The predicted octanol–water partition coefficient (Wildman–Crippen LogP) is 6.04. The Kier molecular flexibility index (Phi) is 8.40. The van der Waals surface area contributed by atoms with Gasteiger partial charge in [-0.1, -0.05) is 54.6 Å². The molecule has 238 valence electrons. The molecule has 1 heterocycles. The van der Waals surface area contributed by atoms with Crippen molar-refractivity contribution in [2.45, 2.75) is 12.0 Å². The number of benzene rings is 4. The summed E-state index contributed by atoms with van der Waals surface area (Å²) < 4.78 is 23.3. The molecular formula is C35H30BrN5O6. The molecule has 0 saturated heterocycles. The molecule has 0 radical (unpaired) electrons. The number of carbonyl (C=O) groups excluding carboxylic acids is 2. The number of ether oxygens (including phenoxy) is 4. The number of allylic oxidation sites excluding steroid dienone is 1. The van der Waals surface area contributed by atoms with Crippen LogP contribution in [0.25, 0.3) is 11.1 Å². The van der Waals surface area contributed by atoms with Gasteiger partial charge in [0.05, 0.1) is 36.0 Å². The van der Waals surface area contributed by atoms with E-state index in [9.17, 15) is 14.9 Å². The first kappa shape index (κ1) is 31.3. The average molecular weight is 697 g/mol. The molecule has 0 aromatic heterocycles. The van der Waals surface area contributed by atoms with E-state index >= 15 is 0 Å². The van der Waals surface area contributed by atoms with E-state index in [1.807, 2.05) is 48.5 Å². The minimum atomic E-state index is -0.663. The first-order valence-electron chi connectivity index (χ1n) is 14.5. The lowest BCUT2D eigenvalue weighted by Crippen LogP contribution is -2.36.